The van der Waals surface area contributed by atoms with Crippen LogP contribution in [0.4, 0.5) is 0 Å². The van der Waals surface area contributed by atoms with Crippen LogP contribution in [0.5, 0.6) is 11.5 Å². The van der Waals surface area contributed by atoms with Gasteiger partial charge in [-0.25, -0.2) is 0 Å². The fourth-order valence-corrected chi connectivity index (χ4v) is 1.45. The topological polar surface area (TPSA) is 64.6 Å². The summed E-state index contributed by atoms with van der Waals surface area (Å²) in [5.41, 5.74) is 0.997. The summed E-state index contributed by atoms with van der Waals surface area (Å²) >= 11 is 0. The summed E-state index contributed by atoms with van der Waals surface area (Å²) in [6.07, 6.45) is 0.797. The standard InChI is InChI=1S/C13H17NO4/c1-9(15)17-12-5-4-11(6-7-14-3)8-13(12)18-10(2)16/h4-5,8,14H,6-7H2,1-3H3. The van der Waals surface area contributed by atoms with E-state index < -0.39 is 11.9 Å². The van der Waals surface area contributed by atoms with Gasteiger partial charge in [-0.05, 0) is 37.7 Å². The normalized spacial score (nSPS) is 9.94. The molecule has 0 aliphatic heterocycles. The third-order valence-electron chi connectivity index (χ3n) is 2.18. The smallest absolute Gasteiger partial charge is 0.308 e. The fourth-order valence-electron chi connectivity index (χ4n) is 1.45. The highest BCUT2D eigenvalue weighted by molar-refractivity contribution is 5.73. The van der Waals surface area contributed by atoms with E-state index in [1.165, 1.54) is 13.8 Å². The van der Waals surface area contributed by atoms with Crippen LogP contribution in [0.3, 0.4) is 0 Å². The number of rotatable bonds is 5. The molecule has 0 aromatic heterocycles. The molecule has 0 heterocycles. The van der Waals surface area contributed by atoms with E-state index in [-0.39, 0.29) is 11.5 Å². The number of benzene rings is 1. The maximum atomic E-state index is 11.0. The fraction of sp³-hybridized carbons (Fsp3) is 0.385. The molecule has 1 N–H and O–H groups in total. The minimum atomic E-state index is -0.452. The first-order valence-corrected chi connectivity index (χ1v) is 5.67. The molecule has 1 aromatic carbocycles. The maximum Gasteiger partial charge on any atom is 0.308 e. The Kier molecular flexibility index (Phi) is 5.32. The van der Waals surface area contributed by atoms with Crippen molar-refractivity contribution in [3.8, 4) is 11.5 Å². The molecule has 0 bridgehead atoms. The van der Waals surface area contributed by atoms with Crippen LogP contribution in [0.2, 0.25) is 0 Å². The molecule has 0 aliphatic carbocycles. The van der Waals surface area contributed by atoms with Gasteiger partial charge in [-0.1, -0.05) is 6.07 Å². The predicted octanol–water partition coefficient (Wildman–Crippen LogP) is 1.30. The van der Waals surface area contributed by atoms with Gasteiger partial charge in [0.25, 0.3) is 0 Å². The lowest BCUT2D eigenvalue weighted by atomic mass is 10.1. The molecule has 1 aromatic rings. The number of likely N-dealkylation sites (N-methyl/N-ethyl adjacent to an activating group) is 1. The summed E-state index contributed by atoms with van der Waals surface area (Å²) in [5, 5.41) is 3.03. The Morgan fingerprint density at radius 1 is 1.11 bits per heavy atom. The van der Waals surface area contributed by atoms with Crippen LogP contribution in [0.15, 0.2) is 18.2 Å². The lowest BCUT2D eigenvalue weighted by Gasteiger charge is -2.10. The Morgan fingerprint density at radius 3 is 2.28 bits per heavy atom. The minimum Gasteiger partial charge on any atom is -0.423 e. The van der Waals surface area contributed by atoms with Gasteiger partial charge < -0.3 is 14.8 Å². The van der Waals surface area contributed by atoms with Crippen molar-refractivity contribution < 1.29 is 19.1 Å². The van der Waals surface area contributed by atoms with E-state index in [1.807, 2.05) is 13.1 Å². The molecule has 0 unspecified atom stereocenters. The van der Waals surface area contributed by atoms with Crippen molar-refractivity contribution in [3.05, 3.63) is 23.8 Å². The van der Waals surface area contributed by atoms with Gasteiger partial charge in [0.05, 0.1) is 0 Å². The van der Waals surface area contributed by atoms with Gasteiger partial charge in [0, 0.05) is 13.8 Å². The van der Waals surface area contributed by atoms with Crippen LogP contribution in [0.1, 0.15) is 19.4 Å². The monoisotopic (exact) mass is 251 g/mol. The minimum absolute atomic E-state index is 0.255. The molecule has 1 rings (SSSR count). The number of carbonyl (C=O) groups is 2. The summed E-state index contributed by atoms with van der Waals surface area (Å²) < 4.78 is 10.0. The molecule has 0 saturated carbocycles. The summed E-state index contributed by atoms with van der Waals surface area (Å²) in [6.45, 7) is 3.41. The first-order chi connectivity index (χ1) is 8.52. The summed E-state index contributed by atoms with van der Waals surface area (Å²) in [7, 11) is 1.86. The molecule has 0 spiro atoms. The Morgan fingerprint density at radius 2 is 1.72 bits per heavy atom. The highest BCUT2D eigenvalue weighted by Gasteiger charge is 2.10. The van der Waals surface area contributed by atoms with Crippen molar-refractivity contribution in [2.75, 3.05) is 13.6 Å². The van der Waals surface area contributed by atoms with Crippen molar-refractivity contribution in [2.24, 2.45) is 0 Å². The van der Waals surface area contributed by atoms with E-state index in [1.54, 1.807) is 12.1 Å². The summed E-state index contributed by atoms with van der Waals surface area (Å²) in [5.74, 6) is -0.377. The van der Waals surface area contributed by atoms with Gasteiger partial charge in [0.2, 0.25) is 0 Å². The van der Waals surface area contributed by atoms with Crippen molar-refractivity contribution in [2.45, 2.75) is 20.3 Å². The number of ether oxygens (including phenoxy) is 2. The second-order valence-electron chi connectivity index (χ2n) is 3.82. The molecule has 0 radical (unpaired) electrons. The Bertz CT molecular complexity index is 443. The predicted molar refractivity (Wildman–Crippen MR) is 66.7 cm³/mol. The van der Waals surface area contributed by atoms with Crippen LogP contribution in [0.25, 0.3) is 0 Å². The molecule has 0 atom stereocenters. The molecule has 0 aliphatic rings. The zero-order valence-corrected chi connectivity index (χ0v) is 10.8. The largest absolute Gasteiger partial charge is 0.423 e. The Balaban J connectivity index is 2.95. The third-order valence-corrected chi connectivity index (χ3v) is 2.18. The van der Waals surface area contributed by atoms with Crippen molar-refractivity contribution >= 4 is 11.9 Å². The van der Waals surface area contributed by atoms with E-state index in [4.69, 9.17) is 9.47 Å². The zero-order valence-electron chi connectivity index (χ0n) is 10.8. The number of esters is 2. The quantitative estimate of drug-likeness (QED) is 0.631. The summed E-state index contributed by atoms with van der Waals surface area (Å²) in [4.78, 5) is 21.9. The van der Waals surface area contributed by atoms with Gasteiger partial charge in [-0.3, -0.25) is 9.59 Å². The van der Waals surface area contributed by atoms with Gasteiger partial charge in [-0.15, -0.1) is 0 Å². The lowest BCUT2D eigenvalue weighted by molar-refractivity contribution is -0.134. The van der Waals surface area contributed by atoms with Crippen LogP contribution in [0, 0.1) is 0 Å². The molecule has 98 valence electrons. The molecule has 5 nitrogen and oxygen atoms in total. The molecule has 0 fully saturated rings. The van der Waals surface area contributed by atoms with Gasteiger partial charge in [-0.2, -0.15) is 0 Å². The third kappa shape index (κ3) is 4.55. The van der Waals surface area contributed by atoms with E-state index >= 15 is 0 Å². The Hall–Kier alpha value is -1.88. The first-order valence-electron chi connectivity index (χ1n) is 5.67. The Labute approximate surface area is 106 Å². The van der Waals surface area contributed by atoms with Crippen LogP contribution >= 0.6 is 0 Å². The lowest BCUT2D eigenvalue weighted by Crippen LogP contribution is -2.11. The molecular formula is C13H17NO4. The number of nitrogens with one attached hydrogen (secondary N) is 1. The van der Waals surface area contributed by atoms with E-state index in [0.717, 1.165) is 18.5 Å². The van der Waals surface area contributed by atoms with E-state index in [2.05, 4.69) is 5.32 Å². The highest BCUT2D eigenvalue weighted by atomic mass is 16.6. The van der Waals surface area contributed by atoms with Gasteiger partial charge in [0.1, 0.15) is 0 Å². The molecular weight excluding hydrogens is 234 g/mol. The zero-order chi connectivity index (χ0) is 13.5. The molecule has 18 heavy (non-hydrogen) atoms. The van der Waals surface area contributed by atoms with Crippen molar-refractivity contribution in [1.82, 2.24) is 5.32 Å². The number of hydrogen-bond acceptors (Lipinski definition) is 5. The van der Waals surface area contributed by atoms with E-state index in [0.29, 0.717) is 0 Å². The first kappa shape index (κ1) is 14.2. The molecule has 0 amide bonds. The average Bonchev–Trinajstić information content (AvgIpc) is 2.28. The van der Waals surface area contributed by atoms with Gasteiger partial charge >= 0.3 is 11.9 Å². The number of hydrogen-bond donors (Lipinski definition) is 1. The average molecular weight is 251 g/mol. The highest BCUT2D eigenvalue weighted by Crippen LogP contribution is 2.29. The molecule has 0 saturated heterocycles. The van der Waals surface area contributed by atoms with Crippen LogP contribution in [-0.4, -0.2) is 25.5 Å². The van der Waals surface area contributed by atoms with Crippen molar-refractivity contribution in [1.29, 1.82) is 0 Å². The molecule has 5 heteroatoms. The second kappa shape index (κ2) is 6.76. The van der Waals surface area contributed by atoms with Crippen LogP contribution in [-0.2, 0) is 16.0 Å². The van der Waals surface area contributed by atoms with Gasteiger partial charge in [0.15, 0.2) is 11.5 Å². The van der Waals surface area contributed by atoms with Crippen molar-refractivity contribution in [3.63, 3.8) is 0 Å². The second-order valence-corrected chi connectivity index (χ2v) is 3.82. The van der Waals surface area contributed by atoms with E-state index in [9.17, 15) is 9.59 Å². The SMILES string of the molecule is CNCCc1ccc(OC(C)=O)c(OC(C)=O)c1. The summed E-state index contributed by atoms with van der Waals surface area (Å²) in [6, 6.07) is 5.17. The maximum absolute atomic E-state index is 11.0. The number of carbonyl (C=O) groups excluding carboxylic acids is 2. The van der Waals surface area contributed by atoms with Crippen LogP contribution < -0.4 is 14.8 Å².